The van der Waals surface area contributed by atoms with Crippen molar-refractivity contribution in [1.82, 2.24) is 9.88 Å². The maximum Gasteiger partial charge on any atom is 0.410 e. The lowest BCUT2D eigenvalue weighted by Gasteiger charge is -2.28. The van der Waals surface area contributed by atoms with Crippen LogP contribution in [-0.4, -0.2) is 52.1 Å². The molecule has 1 amide bonds. The quantitative estimate of drug-likeness (QED) is 0.239. The summed E-state index contributed by atoms with van der Waals surface area (Å²) in [5.74, 6) is 0.200. The number of hydrogen-bond acceptors (Lipinski definition) is 8. The van der Waals surface area contributed by atoms with Gasteiger partial charge in [0.2, 0.25) is 0 Å². The first-order chi connectivity index (χ1) is 18.1. The minimum absolute atomic E-state index is 0.0756. The molecule has 0 saturated heterocycles. The van der Waals surface area contributed by atoms with E-state index in [9.17, 15) is 15.2 Å². The predicted molar refractivity (Wildman–Crippen MR) is 150 cm³/mol. The van der Waals surface area contributed by atoms with E-state index in [-0.39, 0.29) is 24.7 Å². The number of phenols is 1. The van der Waals surface area contributed by atoms with E-state index in [4.69, 9.17) is 14.6 Å². The summed E-state index contributed by atoms with van der Waals surface area (Å²) in [4.78, 5) is 19.1. The average Bonchev–Trinajstić information content (AvgIpc) is 2.86. The number of nitrogens with one attached hydrogen (secondary N) is 1. The SMILES string of the molecule is COc1cc2ncc(C#N)c(Nc3cc(Br)ccc3CN(CCCCCO)C(=O)OC(C)(C)C)c2cc1O. The largest absolute Gasteiger partial charge is 0.504 e. The molecule has 3 rings (SSSR count). The van der Waals surface area contributed by atoms with Crippen LogP contribution in [0.3, 0.4) is 0 Å². The number of carbonyl (C=O) groups is 1. The Morgan fingerprint density at radius 2 is 1.97 bits per heavy atom. The molecule has 0 unspecified atom stereocenters. The number of halogens is 1. The molecule has 0 fully saturated rings. The molecule has 3 aromatic rings. The fourth-order valence-corrected chi connectivity index (χ4v) is 4.25. The average molecular weight is 585 g/mol. The van der Waals surface area contributed by atoms with Gasteiger partial charge in [-0.3, -0.25) is 4.98 Å². The Balaban J connectivity index is 2.01. The highest BCUT2D eigenvalue weighted by Crippen LogP contribution is 2.37. The van der Waals surface area contributed by atoms with Gasteiger partial charge in [-0.1, -0.05) is 22.0 Å². The topological polar surface area (TPSA) is 128 Å². The molecule has 0 radical (unpaired) electrons. The second-order valence-corrected chi connectivity index (χ2v) is 10.7. The summed E-state index contributed by atoms with van der Waals surface area (Å²) >= 11 is 3.52. The maximum atomic E-state index is 13.1. The molecule has 3 N–H and O–H groups in total. The highest BCUT2D eigenvalue weighted by atomic mass is 79.9. The number of aromatic hydroxyl groups is 1. The number of aliphatic hydroxyl groups is 1. The van der Waals surface area contributed by atoms with Crippen LogP contribution in [0.5, 0.6) is 11.5 Å². The number of unbranched alkanes of at least 4 members (excludes halogenated alkanes) is 2. The number of fused-ring (bicyclic) bond motifs is 1. The smallest absolute Gasteiger partial charge is 0.410 e. The van der Waals surface area contributed by atoms with Crippen LogP contribution in [0.15, 0.2) is 41.0 Å². The first-order valence-corrected chi connectivity index (χ1v) is 13.1. The molecule has 38 heavy (non-hydrogen) atoms. The molecule has 9 nitrogen and oxygen atoms in total. The maximum absolute atomic E-state index is 13.1. The van der Waals surface area contributed by atoms with Crippen molar-refractivity contribution in [3.8, 4) is 17.6 Å². The number of rotatable bonds is 10. The number of nitriles is 1. The number of methoxy groups -OCH3 is 1. The monoisotopic (exact) mass is 584 g/mol. The van der Waals surface area contributed by atoms with E-state index < -0.39 is 11.7 Å². The predicted octanol–water partition coefficient (Wildman–Crippen LogP) is 6.23. The number of aromatic nitrogens is 1. The van der Waals surface area contributed by atoms with Gasteiger partial charge >= 0.3 is 6.09 Å². The Hall–Kier alpha value is -3.55. The van der Waals surface area contributed by atoms with Gasteiger partial charge < -0.3 is 29.9 Å². The fraction of sp³-hybridized carbons (Fsp3) is 0.393. The Morgan fingerprint density at radius 1 is 1.21 bits per heavy atom. The Kier molecular flexibility index (Phi) is 9.78. The number of aliphatic hydroxyl groups excluding tert-OH is 1. The van der Waals surface area contributed by atoms with E-state index in [0.717, 1.165) is 16.5 Å². The van der Waals surface area contributed by atoms with Crippen LogP contribution >= 0.6 is 15.9 Å². The van der Waals surface area contributed by atoms with Gasteiger partial charge in [0.15, 0.2) is 11.5 Å². The first kappa shape index (κ1) is 29.0. The van der Waals surface area contributed by atoms with Gasteiger partial charge in [-0.25, -0.2) is 4.79 Å². The third-order valence-electron chi connectivity index (χ3n) is 5.72. The number of nitrogens with zero attached hydrogens (tertiary/aromatic N) is 3. The zero-order valence-electron chi connectivity index (χ0n) is 22.0. The molecule has 0 aliphatic carbocycles. The van der Waals surface area contributed by atoms with E-state index in [1.807, 2.05) is 39.0 Å². The van der Waals surface area contributed by atoms with E-state index >= 15 is 0 Å². The van der Waals surface area contributed by atoms with Gasteiger partial charge in [0.25, 0.3) is 0 Å². The second kappa shape index (κ2) is 12.8. The summed E-state index contributed by atoms with van der Waals surface area (Å²) in [6.45, 7) is 6.29. The van der Waals surface area contributed by atoms with Crippen LogP contribution in [0.2, 0.25) is 0 Å². The van der Waals surface area contributed by atoms with Crippen molar-refractivity contribution >= 4 is 44.3 Å². The van der Waals surface area contributed by atoms with Gasteiger partial charge in [-0.15, -0.1) is 0 Å². The number of anilines is 2. The van der Waals surface area contributed by atoms with E-state index in [1.54, 1.807) is 11.0 Å². The number of amides is 1. The number of carbonyl (C=O) groups excluding carboxylic acids is 1. The van der Waals surface area contributed by atoms with Crippen molar-refractivity contribution in [3.63, 3.8) is 0 Å². The van der Waals surface area contributed by atoms with Crippen molar-refractivity contribution < 1.29 is 24.5 Å². The van der Waals surface area contributed by atoms with Crippen LogP contribution in [0.4, 0.5) is 16.2 Å². The molecule has 1 aromatic heterocycles. The molecule has 202 valence electrons. The highest BCUT2D eigenvalue weighted by Gasteiger charge is 2.23. The molecule has 0 bridgehead atoms. The van der Waals surface area contributed by atoms with E-state index in [0.29, 0.717) is 47.2 Å². The van der Waals surface area contributed by atoms with Gasteiger partial charge in [0, 0.05) is 41.0 Å². The molecule has 0 aliphatic heterocycles. The van der Waals surface area contributed by atoms with Gasteiger partial charge in [0.1, 0.15) is 11.7 Å². The molecule has 0 aliphatic rings. The number of hydrogen-bond donors (Lipinski definition) is 3. The molecule has 0 spiro atoms. The number of pyridine rings is 1. The number of phenolic OH excluding ortho intramolecular Hbond substituents is 1. The van der Waals surface area contributed by atoms with Crippen LogP contribution in [0, 0.1) is 11.3 Å². The standard InChI is InChI=1S/C28H33BrN4O5/c1-28(2,3)38-27(36)33(10-6-5-7-11-34)17-18-8-9-20(29)12-22(18)32-26-19(15-30)16-31-23-14-25(37-4)24(35)13-21(23)26/h8-9,12-14,16,34-35H,5-7,10-11,17H2,1-4H3,(H,31,32). The summed E-state index contributed by atoms with van der Waals surface area (Å²) in [6.07, 6.45) is 3.19. The fourth-order valence-electron chi connectivity index (χ4n) is 3.89. The zero-order valence-corrected chi connectivity index (χ0v) is 23.6. The second-order valence-electron chi connectivity index (χ2n) is 9.81. The third kappa shape index (κ3) is 7.49. The molecule has 0 saturated carbocycles. The lowest BCUT2D eigenvalue weighted by molar-refractivity contribution is 0.0230. The number of benzene rings is 2. The van der Waals surface area contributed by atoms with Gasteiger partial charge in [0.05, 0.1) is 30.4 Å². The third-order valence-corrected chi connectivity index (χ3v) is 6.21. The molecule has 10 heteroatoms. The Bertz CT molecular complexity index is 1330. The minimum atomic E-state index is -0.651. The number of ether oxygens (including phenoxy) is 2. The molecule has 2 aromatic carbocycles. The summed E-state index contributed by atoms with van der Waals surface area (Å²) in [5, 5.41) is 33.2. The van der Waals surface area contributed by atoms with Crippen LogP contribution in [0.1, 0.15) is 51.2 Å². The molecule has 0 atom stereocenters. The van der Waals surface area contributed by atoms with Crippen LogP contribution in [0.25, 0.3) is 10.9 Å². The summed E-state index contributed by atoms with van der Waals surface area (Å²) in [5.41, 5.74) is 2.12. The molecular formula is C28H33BrN4O5. The lowest BCUT2D eigenvalue weighted by Crippen LogP contribution is -2.37. The van der Waals surface area contributed by atoms with Crippen LogP contribution in [-0.2, 0) is 11.3 Å². The van der Waals surface area contributed by atoms with Crippen molar-refractivity contribution in [2.24, 2.45) is 0 Å². The summed E-state index contributed by atoms with van der Waals surface area (Å²) in [6, 6.07) is 10.9. The Labute approximate surface area is 231 Å². The molecular weight excluding hydrogens is 552 g/mol. The summed E-state index contributed by atoms with van der Waals surface area (Å²) < 4.78 is 11.7. The first-order valence-electron chi connectivity index (χ1n) is 12.3. The van der Waals surface area contributed by atoms with Crippen molar-refractivity contribution in [2.75, 3.05) is 25.6 Å². The normalized spacial score (nSPS) is 11.2. The molecule has 1 heterocycles. The van der Waals surface area contributed by atoms with Crippen molar-refractivity contribution in [2.45, 2.75) is 52.2 Å². The zero-order chi connectivity index (χ0) is 27.9. The lowest BCUT2D eigenvalue weighted by atomic mass is 10.1. The van der Waals surface area contributed by atoms with Crippen LogP contribution < -0.4 is 10.1 Å². The van der Waals surface area contributed by atoms with Crippen molar-refractivity contribution in [1.29, 1.82) is 5.26 Å². The highest BCUT2D eigenvalue weighted by molar-refractivity contribution is 9.10. The summed E-state index contributed by atoms with van der Waals surface area (Å²) in [7, 11) is 1.46. The van der Waals surface area contributed by atoms with Gasteiger partial charge in [-0.05, 0) is 63.8 Å². The Morgan fingerprint density at radius 3 is 2.63 bits per heavy atom. The van der Waals surface area contributed by atoms with Crippen molar-refractivity contribution in [3.05, 3.63) is 52.1 Å². The minimum Gasteiger partial charge on any atom is -0.504 e. The van der Waals surface area contributed by atoms with E-state index in [1.165, 1.54) is 19.4 Å². The van der Waals surface area contributed by atoms with E-state index in [2.05, 4.69) is 32.3 Å². The van der Waals surface area contributed by atoms with Gasteiger partial charge in [-0.2, -0.15) is 5.26 Å².